The van der Waals surface area contributed by atoms with Gasteiger partial charge >= 0.3 is 0 Å². The number of para-hydroxylation sites is 1. The van der Waals surface area contributed by atoms with Crippen LogP contribution in [0.25, 0.3) is 5.69 Å². The van der Waals surface area contributed by atoms with E-state index in [2.05, 4.69) is 5.10 Å². The van der Waals surface area contributed by atoms with Gasteiger partial charge in [-0.05, 0) is 25.5 Å². The summed E-state index contributed by atoms with van der Waals surface area (Å²) in [6, 6.07) is 9.88. The van der Waals surface area contributed by atoms with Crippen LogP contribution in [-0.2, 0) is 6.42 Å². The monoisotopic (exact) mass is 257 g/mol. The molecule has 0 aliphatic carbocycles. The fourth-order valence-electron chi connectivity index (χ4n) is 2.03. The second kappa shape index (κ2) is 5.69. The first kappa shape index (κ1) is 13.3. The molecule has 100 valence electrons. The van der Waals surface area contributed by atoms with Gasteiger partial charge in [0.1, 0.15) is 0 Å². The number of hydrogen-bond donors (Lipinski definition) is 0. The van der Waals surface area contributed by atoms with Crippen molar-refractivity contribution in [1.29, 1.82) is 0 Å². The summed E-state index contributed by atoms with van der Waals surface area (Å²) in [5.74, 6) is 0.0292. The predicted octanol–water partition coefficient (Wildman–Crippen LogP) is 2.53. The maximum Gasteiger partial charge on any atom is 0.257 e. The minimum Gasteiger partial charge on any atom is -0.342 e. The second-order valence-electron chi connectivity index (χ2n) is 4.43. The van der Waals surface area contributed by atoms with Crippen LogP contribution in [-0.4, -0.2) is 34.2 Å². The summed E-state index contributed by atoms with van der Waals surface area (Å²) in [5.41, 5.74) is 2.63. The molecule has 0 spiro atoms. The third kappa shape index (κ3) is 2.52. The number of hydrogen-bond acceptors (Lipinski definition) is 2. The molecule has 0 aliphatic heterocycles. The molecule has 0 saturated carbocycles. The molecule has 0 saturated heterocycles. The van der Waals surface area contributed by atoms with Gasteiger partial charge in [-0.3, -0.25) is 4.79 Å². The lowest BCUT2D eigenvalue weighted by molar-refractivity contribution is 0.0801. The largest absolute Gasteiger partial charge is 0.342 e. The van der Waals surface area contributed by atoms with E-state index in [1.165, 1.54) is 0 Å². The zero-order chi connectivity index (χ0) is 13.8. The zero-order valence-electron chi connectivity index (χ0n) is 11.6. The van der Waals surface area contributed by atoms with Gasteiger partial charge in [0.2, 0.25) is 0 Å². The van der Waals surface area contributed by atoms with E-state index in [9.17, 15) is 4.79 Å². The quantitative estimate of drug-likeness (QED) is 0.844. The van der Waals surface area contributed by atoms with E-state index >= 15 is 0 Å². The number of benzene rings is 1. The average Bonchev–Trinajstić information content (AvgIpc) is 2.90. The van der Waals surface area contributed by atoms with Gasteiger partial charge in [-0.1, -0.05) is 25.1 Å². The Labute approximate surface area is 113 Å². The van der Waals surface area contributed by atoms with Gasteiger partial charge in [0.15, 0.2) is 0 Å². The molecular weight excluding hydrogens is 238 g/mol. The van der Waals surface area contributed by atoms with Crippen molar-refractivity contribution in [1.82, 2.24) is 14.7 Å². The highest BCUT2D eigenvalue weighted by Crippen LogP contribution is 2.16. The normalized spacial score (nSPS) is 10.5. The highest BCUT2D eigenvalue weighted by molar-refractivity contribution is 5.95. The maximum absolute atomic E-state index is 12.3. The van der Waals surface area contributed by atoms with Crippen LogP contribution in [0.5, 0.6) is 0 Å². The van der Waals surface area contributed by atoms with E-state index in [0.29, 0.717) is 12.1 Å². The van der Waals surface area contributed by atoms with Gasteiger partial charge in [-0.2, -0.15) is 5.10 Å². The molecule has 0 atom stereocenters. The molecule has 0 unspecified atom stereocenters. The molecule has 1 amide bonds. The molecule has 2 rings (SSSR count). The Hall–Kier alpha value is -2.10. The summed E-state index contributed by atoms with van der Waals surface area (Å²) < 4.78 is 1.84. The molecule has 4 heteroatoms. The van der Waals surface area contributed by atoms with Crippen molar-refractivity contribution in [3.8, 4) is 5.69 Å². The topological polar surface area (TPSA) is 38.1 Å². The van der Waals surface area contributed by atoms with Crippen LogP contribution < -0.4 is 0 Å². The molecule has 0 N–H and O–H groups in total. The number of aromatic nitrogens is 2. The summed E-state index contributed by atoms with van der Waals surface area (Å²) >= 11 is 0. The van der Waals surface area contributed by atoms with E-state index in [1.807, 2.05) is 55.9 Å². The van der Waals surface area contributed by atoms with Crippen molar-refractivity contribution in [2.45, 2.75) is 20.3 Å². The van der Waals surface area contributed by atoms with Crippen LogP contribution >= 0.6 is 0 Å². The molecule has 19 heavy (non-hydrogen) atoms. The van der Waals surface area contributed by atoms with E-state index in [4.69, 9.17) is 0 Å². The fraction of sp³-hybridized carbons (Fsp3) is 0.333. The maximum atomic E-state index is 12.3. The molecule has 4 nitrogen and oxygen atoms in total. The van der Waals surface area contributed by atoms with E-state index in [-0.39, 0.29) is 5.91 Å². The SMILES string of the molecule is CCc1c(C(=O)N(C)CC)cnn1-c1ccccc1. The molecule has 0 bridgehead atoms. The van der Waals surface area contributed by atoms with Gasteiger partial charge in [0, 0.05) is 13.6 Å². The van der Waals surface area contributed by atoms with Crippen LogP contribution in [0, 0.1) is 0 Å². The van der Waals surface area contributed by atoms with Crippen molar-refractivity contribution in [2.24, 2.45) is 0 Å². The third-order valence-electron chi connectivity index (χ3n) is 3.26. The van der Waals surface area contributed by atoms with Crippen LogP contribution in [0.1, 0.15) is 29.9 Å². The van der Waals surface area contributed by atoms with Gasteiger partial charge < -0.3 is 4.90 Å². The first-order chi connectivity index (χ1) is 9.19. The summed E-state index contributed by atoms with van der Waals surface area (Å²) in [5, 5.41) is 4.36. The minimum atomic E-state index is 0.0292. The average molecular weight is 257 g/mol. The molecule has 1 aromatic heterocycles. The van der Waals surface area contributed by atoms with Gasteiger partial charge in [0.05, 0.1) is 23.1 Å². The van der Waals surface area contributed by atoms with Crippen LogP contribution in [0.15, 0.2) is 36.5 Å². The van der Waals surface area contributed by atoms with Gasteiger partial charge in [-0.25, -0.2) is 4.68 Å². The van der Waals surface area contributed by atoms with Crippen LogP contribution in [0.4, 0.5) is 0 Å². The van der Waals surface area contributed by atoms with Gasteiger partial charge in [-0.15, -0.1) is 0 Å². The van der Waals surface area contributed by atoms with Crippen molar-refractivity contribution in [3.05, 3.63) is 47.8 Å². The van der Waals surface area contributed by atoms with Crippen molar-refractivity contribution >= 4 is 5.91 Å². The Morgan fingerprint density at radius 3 is 2.53 bits per heavy atom. The van der Waals surface area contributed by atoms with Crippen molar-refractivity contribution < 1.29 is 4.79 Å². The Bertz CT molecular complexity index is 560. The number of nitrogens with zero attached hydrogens (tertiary/aromatic N) is 3. The summed E-state index contributed by atoms with van der Waals surface area (Å²) in [6.07, 6.45) is 2.44. The standard InChI is InChI=1S/C15H19N3O/c1-4-14-13(15(19)17(3)5-2)11-16-18(14)12-9-7-6-8-10-12/h6-11H,4-5H2,1-3H3. The summed E-state index contributed by atoms with van der Waals surface area (Å²) in [6.45, 7) is 4.70. The van der Waals surface area contributed by atoms with Crippen LogP contribution in [0.3, 0.4) is 0 Å². The Morgan fingerprint density at radius 2 is 1.95 bits per heavy atom. The number of rotatable bonds is 4. The Balaban J connectivity index is 2.44. The Kier molecular flexibility index (Phi) is 4.00. The minimum absolute atomic E-state index is 0.0292. The number of carbonyl (C=O) groups excluding carboxylic acids is 1. The van der Waals surface area contributed by atoms with Crippen molar-refractivity contribution in [3.63, 3.8) is 0 Å². The number of carbonyl (C=O) groups is 1. The second-order valence-corrected chi connectivity index (χ2v) is 4.43. The highest BCUT2D eigenvalue weighted by atomic mass is 16.2. The lowest BCUT2D eigenvalue weighted by Crippen LogP contribution is -2.26. The highest BCUT2D eigenvalue weighted by Gasteiger charge is 2.19. The molecule has 0 fully saturated rings. The smallest absolute Gasteiger partial charge is 0.257 e. The van der Waals surface area contributed by atoms with Gasteiger partial charge in [0.25, 0.3) is 5.91 Å². The van der Waals surface area contributed by atoms with Crippen molar-refractivity contribution in [2.75, 3.05) is 13.6 Å². The van der Waals surface area contributed by atoms with Crippen LogP contribution in [0.2, 0.25) is 0 Å². The van der Waals surface area contributed by atoms with E-state index in [0.717, 1.165) is 17.8 Å². The third-order valence-corrected chi connectivity index (χ3v) is 3.26. The predicted molar refractivity (Wildman–Crippen MR) is 75.6 cm³/mol. The first-order valence-electron chi connectivity index (χ1n) is 6.56. The summed E-state index contributed by atoms with van der Waals surface area (Å²) in [4.78, 5) is 14.0. The molecule has 2 aromatic rings. The molecular formula is C15H19N3O. The molecule has 0 radical (unpaired) electrons. The molecule has 1 aromatic carbocycles. The Morgan fingerprint density at radius 1 is 1.26 bits per heavy atom. The summed E-state index contributed by atoms with van der Waals surface area (Å²) in [7, 11) is 1.81. The zero-order valence-corrected chi connectivity index (χ0v) is 11.6. The number of amides is 1. The van der Waals surface area contributed by atoms with E-state index in [1.54, 1.807) is 11.1 Å². The van der Waals surface area contributed by atoms with E-state index < -0.39 is 0 Å². The lowest BCUT2D eigenvalue weighted by Gasteiger charge is -2.14. The lowest BCUT2D eigenvalue weighted by atomic mass is 10.1. The fourth-order valence-corrected chi connectivity index (χ4v) is 2.03. The molecule has 1 heterocycles. The first-order valence-corrected chi connectivity index (χ1v) is 6.56. The molecule has 0 aliphatic rings.